The number of hydrogen-bond donors (Lipinski definition) is 2. The average molecular weight is 434 g/mol. The Morgan fingerprint density at radius 1 is 0.969 bits per heavy atom. The Kier molecular flexibility index (Phi) is 6.04. The van der Waals surface area contributed by atoms with Crippen molar-refractivity contribution in [1.82, 2.24) is 20.1 Å². The van der Waals surface area contributed by atoms with Crippen LogP contribution in [0.15, 0.2) is 54.7 Å². The van der Waals surface area contributed by atoms with Gasteiger partial charge in [-0.3, -0.25) is 14.8 Å². The molecule has 1 fully saturated rings. The Morgan fingerprint density at radius 3 is 2.69 bits per heavy atom. The SMILES string of the molecule is O=C(NCCN1CCN(Cc2ccc3c(c2)OCO3)CC1)Nc1ccnc2ccccc12. The van der Waals surface area contributed by atoms with E-state index in [-0.39, 0.29) is 6.03 Å². The molecule has 32 heavy (non-hydrogen) atoms. The minimum absolute atomic E-state index is 0.192. The highest BCUT2D eigenvalue weighted by atomic mass is 16.7. The molecule has 0 atom stereocenters. The zero-order chi connectivity index (χ0) is 21.8. The highest BCUT2D eigenvalue weighted by Crippen LogP contribution is 2.32. The van der Waals surface area contributed by atoms with E-state index in [0.29, 0.717) is 13.3 Å². The van der Waals surface area contributed by atoms with E-state index in [1.807, 2.05) is 36.4 Å². The van der Waals surface area contributed by atoms with E-state index < -0.39 is 0 Å². The van der Waals surface area contributed by atoms with E-state index in [1.54, 1.807) is 6.20 Å². The zero-order valence-electron chi connectivity index (χ0n) is 17.9. The van der Waals surface area contributed by atoms with Crippen molar-refractivity contribution < 1.29 is 14.3 Å². The van der Waals surface area contributed by atoms with Gasteiger partial charge in [-0.1, -0.05) is 24.3 Å². The third-order valence-electron chi connectivity index (χ3n) is 5.92. The Hall–Kier alpha value is -3.36. The van der Waals surface area contributed by atoms with Gasteiger partial charge in [0.05, 0.1) is 11.2 Å². The van der Waals surface area contributed by atoms with Crippen molar-refractivity contribution in [3.05, 3.63) is 60.3 Å². The number of urea groups is 1. The highest BCUT2D eigenvalue weighted by molar-refractivity contribution is 6.00. The Balaban J connectivity index is 1.04. The predicted octanol–water partition coefficient (Wildman–Crippen LogP) is 2.90. The first-order valence-electron chi connectivity index (χ1n) is 11.0. The normalized spacial score (nSPS) is 16.2. The second-order valence-corrected chi connectivity index (χ2v) is 8.06. The van der Waals surface area contributed by atoms with Gasteiger partial charge in [-0.15, -0.1) is 0 Å². The molecular formula is C24H27N5O3. The van der Waals surface area contributed by atoms with Gasteiger partial charge >= 0.3 is 6.03 Å². The van der Waals surface area contributed by atoms with Gasteiger partial charge < -0.3 is 20.1 Å². The number of fused-ring (bicyclic) bond motifs is 2. The number of nitrogens with zero attached hydrogens (tertiary/aromatic N) is 3. The highest BCUT2D eigenvalue weighted by Gasteiger charge is 2.19. The number of aromatic nitrogens is 1. The fraction of sp³-hybridized carbons (Fsp3) is 0.333. The van der Waals surface area contributed by atoms with Gasteiger partial charge in [0, 0.05) is 57.4 Å². The standard InChI is InChI=1S/C24H27N5O3/c30-24(27-21-7-8-25-20-4-2-1-3-19(20)21)26-9-10-28-11-13-29(14-12-28)16-18-5-6-22-23(15-18)32-17-31-22/h1-8,15H,9-14,16-17H2,(H2,25,26,27,30). The molecule has 2 aromatic carbocycles. The van der Waals surface area contributed by atoms with Crippen LogP contribution < -0.4 is 20.1 Å². The number of amides is 2. The maximum absolute atomic E-state index is 12.3. The van der Waals surface area contributed by atoms with Crippen LogP contribution in [0.2, 0.25) is 0 Å². The molecule has 8 heteroatoms. The predicted molar refractivity (Wildman–Crippen MR) is 123 cm³/mol. The van der Waals surface area contributed by atoms with Gasteiger partial charge in [0.1, 0.15) is 0 Å². The number of piperazine rings is 1. The molecule has 2 aliphatic rings. The van der Waals surface area contributed by atoms with Crippen LogP contribution in [0.25, 0.3) is 10.9 Å². The minimum atomic E-state index is -0.192. The van der Waals surface area contributed by atoms with Gasteiger partial charge in [0.25, 0.3) is 0 Å². The number of anilines is 1. The van der Waals surface area contributed by atoms with Crippen molar-refractivity contribution in [3.8, 4) is 11.5 Å². The molecule has 166 valence electrons. The van der Waals surface area contributed by atoms with Gasteiger partial charge in [-0.05, 0) is 29.8 Å². The quantitative estimate of drug-likeness (QED) is 0.622. The number of pyridine rings is 1. The number of ether oxygens (including phenoxy) is 2. The average Bonchev–Trinajstić information content (AvgIpc) is 3.28. The molecule has 3 heterocycles. The lowest BCUT2D eigenvalue weighted by Gasteiger charge is -2.34. The summed E-state index contributed by atoms with van der Waals surface area (Å²) in [5.74, 6) is 1.66. The van der Waals surface area contributed by atoms with Crippen molar-refractivity contribution >= 4 is 22.6 Å². The first-order chi connectivity index (χ1) is 15.7. The molecule has 8 nitrogen and oxygen atoms in total. The third kappa shape index (κ3) is 4.76. The third-order valence-corrected chi connectivity index (χ3v) is 5.92. The van der Waals surface area contributed by atoms with E-state index >= 15 is 0 Å². The number of carbonyl (C=O) groups excluding carboxylic acids is 1. The summed E-state index contributed by atoms with van der Waals surface area (Å²) in [5.41, 5.74) is 2.87. The molecule has 0 aliphatic carbocycles. The number of carbonyl (C=O) groups is 1. The summed E-state index contributed by atoms with van der Waals surface area (Å²) < 4.78 is 10.9. The Bertz CT molecular complexity index is 1090. The smallest absolute Gasteiger partial charge is 0.319 e. The molecule has 2 amide bonds. The lowest BCUT2D eigenvalue weighted by atomic mass is 10.1. The molecule has 2 aliphatic heterocycles. The van der Waals surface area contributed by atoms with Crippen LogP contribution in [0.1, 0.15) is 5.56 Å². The molecule has 5 rings (SSSR count). The van der Waals surface area contributed by atoms with Crippen LogP contribution in [-0.4, -0.2) is 66.9 Å². The van der Waals surface area contributed by atoms with Gasteiger partial charge in [0.2, 0.25) is 6.79 Å². The minimum Gasteiger partial charge on any atom is -0.454 e. The maximum atomic E-state index is 12.3. The van der Waals surface area contributed by atoms with Crippen molar-refractivity contribution in [1.29, 1.82) is 0 Å². The monoisotopic (exact) mass is 433 g/mol. The lowest BCUT2D eigenvalue weighted by molar-refractivity contribution is 0.128. The summed E-state index contributed by atoms with van der Waals surface area (Å²) in [6, 6.07) is 15.6. The van der Waals surface area contributed by atoms with Gasteiger partial charge in [0.15, 0.2) is 11.5 Å². The molecule has 0 saturated carbocycles. The van der Waals surface area contributed by atoms with Crippen LogP contribution in [0.4, 0.5) is 10.5 Å². The van der Waals surface area contributed by atoms with Crippen molar-refractivity contribution in [2.24, 2.45) is 0 Å². The second kappa shape index (κ2) is 9.42. The largest absolute Gasteiger partial charge is 0.454 e. The van der Waals surface area contributed by atoms with Gasteiger partial charge in [-0.25, -0.2) is 4.79 Å². The van der Waals surface area contributed by atoms with Crippen molar-refractivity contribution in [2.75, 3.05) is 51.4 Å². The van der Waals surface area contributed by atoms with E-state index in [1.165, 1.54) is 5.56 Å². The molecule has 0 radical (unpaired) electrons. The number of benzene rings is 2. The molecule has 0 unspecified atom stereocenters. The fourth-order valence-corrected chi connectivity index (χ4v) is 4.17. The summed E-state index contributed by atoms with van der Waals surface area (Å²) >= 11 is 0. The maximum Gasteiger partial charge on any atom is 0.319 e. The zero-order valence-corrected chi connectivity index (χ0v) is 17.9. The Morgan fingerprint density at radius 2 is 1.78 bits per heavy atom. The summed E-state index contributed by atoms with van der Waals surface area (Å²) in [6.07, 6.45) is 1.71. The molecule has 1 aromatic heterocycles. The van der Waals surface area contributed by atoms with Crippen LogP contribution in [0, 0.1) is 0 Å². The van der Waals surface area contributed by atoms with E-state index in [2.05, 4.69) is 37.6 Å². The molecule has 3 aromatic rings. The topological polar surface area (TPSA) is 79.0 Å². The van der Waals surface area contributed by atoms with Gasteiger partial charge in [-0.2, -0.15) is 0 Å². The van der Waals surface area contributed by atoms with Crippen LogP contribution in [0.5, 0.6) is 11.5 Å². The summed E-state index contributed by atoms with van der Waals surface area (Å²) in [6.45, 7) is 6.64. The number of hydrogen-bond acceptors (Lipinski definition) is 6. The second-order valence-electron chi connectivity index (χ2n) is 8.06. The van der Waals surface area contributed by atoms with E-state index in [4.69, 9.17) is 9.47 Å². The lowest BCUT2D eigenvalue weighted by Crippen LogP contribution is -2.48. The molecule has 1 saturated heterocycles. The fourth-order valence-electron chi connectivity index (χ4n) is 4.17. The first-order valence-corrected chi connectivity index (χ1v) is 11.0. The molecule has 2 N–H and O–H groups in total. The first kappa shape index (κ1) is 20.5. The van der Waals surface area contributed by atoms with Crippen molar-refractivity contribution in [2.45, 2.75) is 6.54 Å². The number of nitrogens with one attached hydrogen (secondary N) is 2. The van der Waals surface area contributed by atoms with Crippen LogP contribution in [-0.2, 0) is 6.54 Å². The van der Waals surface area contributed by atoms with Crippen LogP contribution in [0.3, 0.4) is 0 Å². The molecule has 0 bridgehead atoms. The van der Waals surface area contributed by atoms with Crippen molar-refractivity contribution in [3.63, 3.8) is 0 Å². The van der Waals surface area contributed by atoms with E-state index in [0.717, 1.165) is 67.4 Å². The van der Waals surface area contributed by atoms with E-state index in [9.17, 15) is 4.79 Å². The summed E-state index contributed by atoms with van der Waals surface area (Å²) in [5, 5.41) is 6.84. The van der Waals surface area contributed by atoms with Crippen LogP contribution >= 0.6 is 0 Å². The molecular weight excluding hydrogens is 406 g/mol. The summed E-state index contributed by atoms with van der Waals surface area (Å²) in [4.78, 5) is 21.5. The Labute approximate surface area is 187 Å². The number of rotatable bonds is 6. The number of para-hydroxylation sites is 1. The molecule has 0 spiro atoms. The summed E-state index contributed by atoms with van der Waals surface area (Å²) in [7, 11) is 0.